The van der Waals surface area contributed by atoms with E-state index in [2.05, 4.69) is 29.8 Å². The number of amides is 5. The third kappa shape index (κ3) is 6.77. The second kappa shape index (κ2) is 12.5. The first-order valence-electron chi connectivity index (χ1n) is 15.6. The molecule has 242 valence electrons. The molecule has 0 aromatic heterocycles. The van der Waals surface area contributed by atoms with Crippen molar-refractivity contribution in [2.24, 2.45) is 40.2 Å². The molecule has 2 unspecified atom stereocenters. The Hall–Kier alpha value is -3.47. The fraction of sp³-hybridized carbons (Fsp3) is 0.667. The van der Waals surface area contributed by atoms with Gasteiger partial charge in [0.05, 0.1) is 6.04 Å². The molecule has 44 heavy (non-hydrogen) atoms. The van der Waals surface area contributed by atoms with Crippen LogP contribution in [0, 0.1) is 34.5 Å². The van der Waals surface area contributed by atoms with Crippen molar-refractivity contribution in [2.45, 2.75) is 91.6 Å². The predicted octanol–water partition coefficient (Wildman–Crippen LogP) is 2.54. The van der Waals surface area contributed by atoms with Crippen LogP contribution in [0.3, 0.4) is 0 Å². The SMILES string of the molecule is CO[C@H](c1ccccc1)C(NC(=O)N[C@H](C(=O)N1C[C@H]2[C@@H]([C@H]1C(=O)NC(C(=O)C(N)=O)C1CC1)C2(C)C)C(C)(C)C)C(C)C. The van der Waals surface area contributed by atoms with E-state index in [0.29, 0.717) is 19.4 Å². The van der Waals surface area contributed by atoms with Gasteiger partial charge < -0.3 is 31.3 Å². The molecule has 0 radical (unpaired) electrons. The van der Waals surface area contributed by atoms with Gasteiger partial charge in [0.1, 0.15) is 24.2 Å². The molecular weight excluding hydrogens is 562 g/mol. The molecular formula is C33H49N5O6. The molecule has 0 spiro atoms. The first-order chi connectivity index (χ1) is 20.5. The number of primary amides is 1. The first-order valence-corrected chi connectivity index (χ1v) is 15.6. The van der Waals surface area contributed by atoms with E-state index in [-0.39, 0.29) is 41.0 Å². The van der Waals surface area contributed by atoms with Gasteiger partial charge in [-0.25, -0.2) is 4.79 Å². The molecule has 5 amide bonds. The molecule has 1 saturated heterocycles. The van der Waals surface area contributed by atoms with Crippen molar-refractivity contribution < 1.29 is 28.7 Å². The zero-order valence-electron chi connectivity index (χ0n) is 27.2. The number of nitrogens with zero attached hydrogens (tertiary/aromatic N) is 1. The number of fused-ring (bicyclic) bond motifs is 1. The number of ketones is 1. The Labute approximate surface area is 260 Å². The van der Waals surface area contributed by atoms with Crippen molar-refractivity contribution in [3.63, 3.8) is 0 Å². The summed E-state index contributed by atoms with van der Waals surface area (Å²) in [5, 5.41) is 8.73. The quantitative estimate of drug-likeness (QED) is 0.266. The number of nitrogens with two attached hydrogens (primary N) is 1. The Kier molecular flexibility index (Phi) is 9.49. The van der Waals surface area contributed by atoms with E-state index in [9.17, 15) is 24.0 Å². The largest absolute Gasteiger partial charge is 0.375 e. The van der Waals surface area contributed by atoms with Crippen LogP contribution in [0.4, 0.5) is 4.79 Å². The minimum atomic E-state index is -1.09. The van der Waals surface area contributed by atoms with Gasteiger partial charge >= 0.3 is 6.03 Å². The van der Waals surface area contributed by atoms with Crippen molar-refractivity contribution in [2.75, 3.05) is 13.7 Å². The number of carbonyl (C=O) groups is 5. The topological polar surface area (TPSA) is 160 Å². The summed E-state index contributed by atoms with van der Waals surface area (Å²) in [4.78, 5) is 67.4. The Bertz CT molecular complexity index is 1270. The van der Waals surface area contributed by atoms with Crippen LogP contribution in [0.5, 0.6) is 0 Å². The van der Waals surface area contributed by atoms with Gasteiger partial charge in [0.25, 0.3) is 5.91 Å². The van der Waals surface area contributed by atoms with Crippen LogP contribution in [-0.2, 0) is 23.9 Å². The highest BCUT2D eigenvalue weighted by molar-refractivity contribution is 6.38. The summed E-state index contributed by atoms with van der Waals surface area (Å²) in [6, 6.07) is 5.96. The van der Waals surface area contributed by atoms with Crippen molar-refractivity contribution in [3.8, 4) is 0 Å². The van der Waals surface area contributed by atoms with E-state index in [1.54, 1.807) is 12.0 Å². The Morgan fingerprint density at radius 2 is 1.61 bits per heavy atom. The molecule has 1 heterocycles. The molecule has 1 aliphatic heterocycles. The molecule has 3 aliphatic rings. The predicted molar refractivity (Wildman–Crippen MR) is 165 cm³/mol. The number of benzene rings is 1. The molecule has 7 atom stereocenters. The summed E-state index contributed by atoms with van der Waals surface area (Å²) in [7, 11) is 1.60. The maximum Gasteiger partial charge on any atom is 0.315 e. The maximum atomic E-state index is 14.3. The van der Waals surface area contributed by atoms with Crippen LogP contribution in [0.15, 0.2) is 30.3 Å². The Morgan fingerprint density at radius 1 is 1.00 bits per heavy atom. The number of Topliss-reactive ketones (excluding diaryl/α,β-unsaturated/α-hetero) is 1. The van der Waals surface area contributed by atoms with Gasteiger partial charge in [-0.3, -0.25) is 19.2 Å². The molecule has 11 nitrogen and oxygen atoms in total. The third-order valence-corrected chi connectivity index (χ3v) is 9.79. The van der Waals surface area contributed by atoms with Gasteiger partial charge in [-0.05, 0) is 52.9 Å². The van der Waals surface area contributed by atoms with E-state index < -0.39 is 53.3 Å². The zero-order chi connectivity index (χ0) is 32.7. The lowest BCUT2D eigenvalue weighted by atomic mass is 9.85. The number of carbonyl (C=O) groups excluding carboxylic acids is 5. The summed E-state index contributed by atoms with van der Waals surface area (Å²) < 4.78 is 5.81. The number of likely N-dealkylation sites (tertiary alicyclic amines) is 1. The van der Waals surface area contributed by atoms with E-state index in [1.165, 1.54) is 0 Å². The van der Waals surface area contributed by atoms with E-state index in [1.807, 2.05) is 65.0 Å². The average Bonchev–Trinajstić information content (AvgIpc) is 3.82. The minimum absolute atomic E-state index is 0.0122. The van der Waals surface area contributed by atoms with Gasteiger partial charge in [0.15, 0.2) is 0 Å². The number of piperidine rings is 1. The maximum absolute atomic E-state index is 14.3. The van der Waals surface area contributed by atoms with E-state index in [4.69, 9.17) is 10.5 Å². The van der Waals surface area contributed by atoms with Crippen LogP contribution in [0.25, 0.3) is 0 Å². The molecule has 1 aromatic carbocycles. The molecule has 5 N–H and O–H groups in total. The Morgan fingerprint density at radius 3 is 2.11 bits per heavy atom. The summed E-state index contributed by atoms with van der Waals surface area (Å²) in [5.41, 5.74) is 5.34. The molecule has 0 bridgehead atoms. The number of urea groups is 1. The average molecular weight is 612 g/mol. The van der Waals surface area contributed by atoms with Crippen molar-refractivity contribution in [1.29, 1.82) is 0 Å². The van der Waals surface area contributed by atoms with E-state index >= 15 is 0 Å². The molecule has 3 fully saturated rings. The second-order valence-electron chi connectivity index (χ2n) is 14.7. The van der Waals surface area contributed by atoms with Gasteiger partial charge in [0, 0.05) is 13.7 Å². The lowest BCUT2D eigenvalue weighted by Gasteiger charge is -2.38. The van der Waals surface area contributed by atoms with Crippen molar-refractivity contribution >= 4 is 29.5 Å². The van der Waals surface area contributed by atoms with Gasteiger partial charge in [0.2, 0.25) is 17.6 Å². The van der Waals surface area contributed by atoms with Crippen LogP contribution in [0.1, 0.15) is 73.0 Å². The summed E-state index contributed by atoms with van der Waals surface area (Å²) >= 11 is 0. The highest BCUT2D eigenvalue weighted by atomic mass is 16.5. The number of hydrogen-bond acceptors (Lipinski definition) is 6. The number of hydrogen-bond donors (Lipinski definition) is 4. The molecule has 2 saturated carbocycles. The molecule has 2 aliphatic carbocycles. The van der Waals surface area contributed by atoms with Crippen molar-refractivity contribution in [3.05, 3.63) is 35.9 Å². The summed E-state index contributed by atoms with van der Waals surface area (Å²) in [5.74, 6) is -2.88. The second-order valence-corrected chi connectivity index (χ2v) is 14.7. The van der Waals surface area contributed by atoms with Gasteiger partial charge in [-0.2, -0.15) is 0 Å². The lowest BCUT2D eigenvalue weighted by molar-refractivity contribution is -0.145. The molecule has 1 aromatic rings. The van der Waals surface area contributed by atoms with Crippen molar-refractivity contribution in [1.82, 2.24) is 20.9 Å². The molecule has 4 rings (SSSR count). The fourth-order valence-electron chi connectivity index (χ4n) is 6.90. The highest BCUT2D eigenvalue weighted by Gasteiger charge is 2.70. The number of nitrogens with one attached hydrogen (secondary N) is 3. The van der Waals surface area contributed by atoms with Crippen LogP contribution >= 0.6 is 0 Å². The van der Waals surface area contributed by atoms with Gasteiger partial charge in [-0.1, -0.05) is 78.8 Å². The first kappa shape index (κ1) is 33.4. The van der Waals surface area contributed by atoms with Crippen LogP contribution in [0.2, 0.25) is 0 Å². The number of rotatable bonds is 12. The fourth-order valence-corrected chi connectivity index (χ4v) is 6.90. The molecule has 11 heteroatoms. The van der Waals surface area contributed by atoms with Gasteiger partial charge in [-0.15, -0.1) is 0 Å². The lowest BCUT2D eigenvalue weighted by Crippen LogP contribution is -2.62. The standard InChI is InChI=1S/C33H49N5O6/c1-17(2)22(26(44-8)19-12-10-9-11-13-19)36-31(43)37-27(32(3,4)5)30(42)38-16-20-21(33(20,6)7)24(38)29(41)35-23(18-14-15-18)25(39)28(34)40/h9-13,17-18,20-24,26-27H,14-16H2,1-8H3,(H2,34,40)(H,35,41)(H2,36,37,43)/t20-,21-,22?,23?,24-,26+,27+/m0/s1. The monoisotopic (exact) mass is 611 g/mol. The normalized spacial score (nSPS) is 24.8. The minimum Gasteiger partial charge on any atom is -0.375 e. The Balaban J connectivity index is 1.54. The van der Waals surface area contributed by atoms with Crippen LogP contribution < -0.4 is 21.7 Å². The summed E-state index contributed by atoms with van der Waals surface area (Å²) in [6.07, 6.45) is 1.02. The smallest absolute Gasteiger partial charge is 0.315 e. The highest BCUT2D eigenvalue weighted by Crippen LogP contribution is 2.65. The van der Waals surface area contributed by atoms with Crippen LogP contribution in [-0.4, -0.2) is 72.3 Å². The zero-order valence-corrected chi connectivity index (χ0v) is 27.2. The third-order valence-electron chi connectivity index (χ3n) is 9.79. The summed E-state index contributed by atoms with van der Waals surface area (Å²) in [6.45, 7) is 14.1. The number of ether oxygens (including phenoxy) is 1. The van der Waals surface area contributed by atoms with E-state index in [0.717, 1.165) is 5.56 Å². The number of methoxy groups -OCH3 is 1.